The average Bonchev–Trinajstić information content (AvgIpc) is 2.70. The fourth-order valence-corrected chi connectivity index (χ4v) is 2.53. The third-order valence-corrected chi connectivity index (χ3v) is 4.34. The van der Waals surface area contributed by atoms with Crippen LogP contribution in [-0.4, -0.2) is 86.3 Å². The second-order valence-corrected chi connectivity index (χ2v) is 6.92. The normalized spacial score (nSPS) is 30.0. The van der Waals surface area contributed by atoms with Crippen LogP contribution in [0.15, 0.2) is 12.2 Å². The molecule has 0 amide bonds. The van der Waals surface area contributed by atoms with Gasteiger partial charge >= 0.3 is 0 Å². The lowest BCUT2D eigenvalue weighted by molar-refractivity contribution is -0.303. The van der Waals surface area contributed by atoms with Crippen LogP contribution in [0.5, 0.6) is 0 Å². The highest BCUT2D eigenvalue weighted by atomic mass is 16.7. The third-order valence-electron chi connectivity index (χ3n) is 4.34. The smallest absolute Gasteiger partial charge is 0.188 e. The number of unbranched alkanes of at least 4 members (excludes halogenated alkanes) is 1. The maximum Gasteiger partial charge on any atom is 0.188 e. The van der Waals surface area contributed by atoms with Crippen LogP contribution in [0, 0.1) is 23.7 Å². The molecule has 0 aromatic rings. The molecule has 1 heterocycles. The van der Waals surface area contributed by atoms with Crippen LogP contribution >= 0.6 is 0 Å². The molecule has 1 aliphatic rings. The number of ether oxygens (including phenoxy) is 2. The van der Waals surface area contributed by atoms with Crippen molar-refractivity contribution < 1.29 is 40.1 Å². The molecule has 8 heteroatoms. The molecule has 0 aromatic heterocycles. The molecule has 6 N–H and O–H groups in total. The third kappa shape index (κ3) is 9.26. The number of hydrogen-bond donors (Lipinski definition) is 6. The predicted octanol–water partition coefficient (Wildman–Crippen LogP) is -0.943. The van der Waals surface area contributed by atoms with E-state index in [4.69, 9.17) is 9.47 Å². The Hall–Kier alpha value is -1.46. The first-order valence-corrected chi connectivity index (χ1v) is 9.79. The van der Waals surface area contributed by atoms with Gasteiger partial charge in [0.25, 0.3) is 0 Å². The summed E-state index contributed by atoms with van der Waals surface area (Å²) in [7, 11) is 0. The summed E-state index contributed by atoms with van der Waals surface area (Å²) in [6.07, 6.45) is -2.97. The first-order chi connectivity index (χ1) is 13.8. The fraction of sp³-hybridized carbons (Fsp3) is 0.714. The first kappa shape index (κ1) is 25.6. The minimum absolute atomic E-state index is 0.385. The molecule has 1 saturated heterocycles. The van der Waals surface area contributed by atoms with Crippen molar-refractivity contribution >= 4 is 0 Å². The number of allylic oxidation sites excluding steroid dienone is 1. The van der Waals surface area contributed by atoms with Gasteiger partial charge in [-0.2, -0.15) is 0 Å². The summed E-state index contributed by atoms with van der Waals surface area (Å²) in [5.41, 5.74) is 0. The number of aliphatic hydroxyl groups is 6. The molecule has 29 heavy (non-hydrogen) atoms. The van der Waals surface area contributed by atoms with Gasteiger partial charge in [0.15, 0.2) is 6.29 Å². The Morgan fingerprint density at radius 3 is 2.38 bits per heavy atom. The number of hydrogen-bond acceptors (Lipinski definition) is 8. The monoisotopic (exact) mass is 412 g/mol. The van der Waals surface area contributed by atoms with E-state index in [0.717, 1.165) is 6.42 Å². The molecule has 0 aliphatic carbocycles. The van der Waals surface area contributed by atoms with Crippen LogP contribution in [0.1, 0.15) is 39.5 Å². The van der Waals surface area contributed by atoms with Gasteiger partial charge in [0.1, 0.15) is 36.6 Å². The Kier molecular flexibility index (Phi) is 12.1. The van der Waals surface area contributed by atoms with E-state index in [0.29, 0.717) is 19.3 Å². The van der Waals surface area contributed by atoms with Crippen LogP contribution < -0.4 is 0 Å². The molecule has 0 radical (unpaired) electrons. The van der Waals surface area contributed by atoms with Crippen molar-refractivity contribution in [3.05, 3.63) is 12.2 Å². The van der Waals surface area contributed by atoms with Gasteiger partial charge in [0.2, 0.25) is 0 Å². The van der Waals surface area contributed by atoms with Gasteiger partial charge in [-0.1, -0.05) is 24.8 Å². The standard InChI is InChI=1S/C21H32O8/c1-3-15(24)10-7-8-12-16(11-6-4-5-9-14(2)23)28-21-20(27)19(26)18(25)17(13-22)29-21/h6,11,14-27H,3-5,9,13H2,1-2H3/b11-6+/t14?,15?,16?,17-,18-,19+,20-,21-/m1/s1. The van der Waals surface area contributed by atoms with Crippen LogP contribution in [0.25, 0.3) is 0 Å². The van der Waals surface area contributed by atoms with Gasteiger partial charge in [-0.3, -0.25) is 0 Å². The van der Waals surface area contributed by atoms with Crippen molar-refractivity contribution in [2.75, 3.05) is 6.61 Å². The van der Waals surface area contributed by atoms with Crippen LogP contribution in [-0.2, 0) is 9.47 Å². The van der Waals surface area contributed by atoms with Gasteiger partial charge in [0, 0.05) is 0 Å². The zero-order valence-electron chi connectivity index (χ0n) is 16.8. The van der Waals surface area contributed by atoms with Crippen molar-refractivity contribution in [3.8, 4) is 23.7 Å². The summed E-state index contributed by atoms with van der Waals surface area (Å²) in [6, 6.07) is 0. The van der Waals surface area contributed by atoms with Crippen LogP contribution in [0.3, 0.4) is 0 Å². The topological polar surface area (TPSA) is 140 Å². The van der Waals surface area contributed by atoms with Gasteiger partial charge in [0.05, 0.1) is 12.7 Å². The molecule has 8 nitrogen and oxygen atoms in total. The summed E-state index contributed by atoms with van der Waals surface area (Å²) in [6.45, 7) is 2.94. The largest absolute Gasteiger partial charge is 0.394 e. The molecule has 8 atom stereocenters. The molecular formula is C21H32O8. The summed E-state index contributed by atoms with van der Waals surface area (Å²) in [5.74, 6) is 10.4. The van der Waals surface area contributed by atoms with Crippen LogP contribution in [0.2, 0.25) is 0 Å². The van der Waals surface area contributed by atoms with E-state index in [2.05, 4.69) is 23.7 Å². The van der Waals surface area contributed by atoms with Crippen LogP contribution in [0.4, 0.5) is 0 Å². The molecule has 0 bridgehead atoms. The number of aliphatic hydroxyl groups excluding tert-OH is 6. The second-order valence-electron chi connectivity index (χ2n) is 6.92. The molecule has 1 fully saturated rings. The fourth-order valence-electron chi connectivity index (χ4n) is 2.53. The maximum atomic E-state index is 10.1. The van der Waals surface area contributed by atoms with E-state index in [-0.39, 0.29) is 6.10 Å². The van der Waals surface area contributed by atoms with Gasteiger partial charge in [-0.15, -0.1) is 0 Å². The summed E-state index contributed by atoms with van der Waals surface area (Å²) >= 11 is 0. The molecule has 0 spiro atoms. The highest BCUT2D eigenvalue weighted by molar-refractivity contribution is 5.30. The molecule has 0 aromatic carbocycles. The lowest BCUT2D eigenvalue weighted by Gasteiger charge is -2.40. The Morgan fingerprint density at radius 1 is 1.07 bits per heavy atom. The second kappa shape index (κ2) is 13.7. The highest BCUT2D eigenvalue weighted by Crippen LogP contribution is 2.23. The minimum atomic E-state index is -1.55. The Bertz CT molecular complexity index is 610. The van der Waals surface area contributed by atoms with Gasteiger partial charge in [-0.05, 0) is 50.5 Å². The molecule has 1 rings (SSSR count). The van der Waals surface area contributed by atoms with E-state index >= 15 is 0 Å². The minimum Gasteiger partial charge on any atom is -0.394 e. The number of rotatable bonds is 9. The Labute approximate surface area is 171 Å². The zero-order valence-corrected chi connectivity index (χ0v) is 16.8. The average molecular weight is 412 g/mol. The maximum absolute atomic E-state index is 10.1. The quantitative estimate of drug-likeness (QED) is 0.162. The highest BCUT2D eigenvalue weighted by Gasteiger charge is 2.44. The Balaban J connectivity index is 2.84. The van der Waals surface area contributed by atoms with E-state index in [1.165, 1.54) is 0 Å². The predicted molar refractivity (Wildman–Crippen MR) is 105 cm³/mol. The molecular weight excluding hydrogens is 380 g/mol. The molecule has 3 unspecified atom stereocenters. The molecule has 0 saturated carbocycles. The lowest BCUT2D eigenvalue weighted by atomic mass is 9.99. The summed E-state index contributed by atoms with van der Waals surface area (Å²) < 4.78 is 11.0. The summed E-state index contributed by atoms with van der Waals surface area (Å²) in [5, 5.41) is 57.9. The van der Waals surface area contributed by atoms with Crippen molar-refractivity contribution in [2.24, 2.45) is 0 Å². The lowest BCUT2D eigenvalue weighted by Crippen LogP contribution is -2.59. The first-order valence-electron chi connectivity index (χ1n) is 9.79. The molecule has 164 valence electrons. The van der Waals surface area contributed by atoms with Crippen molar-refractivity contribution in [2.45, 2.75) is 88.5 Å². The van der Waals surface area contributed by atoms with Gasteiger partial charge in [-0.25, -0.2) is 0 Å². The van der Waals surface area contributed by atoms with E-state index in [1.807, 2.05) is 0 Å². The van der Waals surface area contributed by atoms with E-state index in [1.54, 1.807) is 26.0 Å². The SMILES string of the molecule is CCC(O)C#CC#CC(/C=C/CCCC(C)O)O[C@@H]1O[C@H](CO)[C@@H](O)[C@H](O)[C@H]1O. The van der Waals surface area contributed by atoms with Crippen molar-refractivity contribution in [3.63, 3.8) is 0 Å². The van der Waals surface area contributed by atoms with Crippen molar-refractivity contribution in [1.82, 2.24) is 0 Å². The molecule has 1 aliphatic heterocycles. The van der Waals surface area contributed by atoms with Gasteiger partial charge < -0.3 is 40.1 Å². The van der Waals surface area contributed by atoms with E-state index in [9.17, 15) is 30.6 Å². The van der Waals surface area contributed by atoms with E-state index < -0.39 is 49.5 Å². The Morgan fingerprint density at radius 2 is 1.76 bits per heavy atom. The summed E-state index contributed by atoms with van der Waals surface area (Å²) in [4.78, 5) is 0. The zero-order chi connectivity index (χ0) is 21.8. The van der Waals surface area contributed by atoms with Crippen molar-refractivity contribution in [1.29, 1.82) is 0 Å².